The van der Waals surface area contributed by atoms with E-state index in [1.807, 2.05) is 9.58 Å². The quantitative estimate of drug-likeness (QED) is 0.810. The first-order valence-corrected chi connectivity index (χ1v) is 10.4. The van der Waals surface area contributed by atoms with Crippen LogP contribution in [0.15, 0.2) is 6.07 Å². The number of piperidine rings is 1. The van der Waals surface area contributed by atoms with E-state index in [9.17, 15) is 4.79 Å². The van der Waals surface area contributed by atoms with E-state index in [0.717, 1.165) is 43.5 Å². The molecule has 1 unspecified atom stereocenters. The molecule has 0 aromatic carbocycles. The molecule has 1 aromatic rings. The van der Waals surface area contributed by atoms with Crippen LogP contribution in [-0.4, -0.2) is 71.4 Å². The summed E-state index contributed by atoms with van der Waals surface area (Å²) in [4.78, 5) is 17.5. The topological polar surface area (TPSA) is 50.6 Å². The van der Waals surface area contributed by atoms with Crippen LogP contribution in [0.25, 0.3) is 0 Å². The molecule has 6 heteroatoms. The van der Waals surface area contributed by atoms with Gasteiger partial charge >= 0.3 is 0 Å². The van der Waals surface area contributed by atoms with Gasteiger partial charge in [-0.3, -0.25) is 14.4 Å². The number of rotatable bonds is 5. The van der Waals surface area contributed by atoms with Crippen LogP contribution >= 0.6 is 0 Å². The minimum Gasteiger partial charge on any atom is -0.383 e. The van der Waals surface area contributed by atoms with Gasteiger partial charge in [-0.05, 0) is 44.7 Å². The van der Waals surface area contributed by atoms with E-state index in [0.29, 0.717) is 19.1 Å². The van der Waals surface area contributed by atoms with Crippen molar-refractivity contribution in [3.8, 4) is 0 Å². The molecule has 2 fully saturated rings. The zero-order chi connectivity index (χ0) is 17.9. The lowest BCUT2D eigenvalue weighted by Gasteiger charge is -2.36. The van der Waals surface area contributed by atoms with Crippen molar-refractivity contribution >= 4 is 5.91 Å². The number of aryl methyl sites for hydroxylation is 1. The standard InChI is InChI=1S/C20H32N4O2/c1-26-13-12-22-10-5-11-24-19(20(22)25)14-18(21-24)16-6-4-9-23(15-16)17-7-2-3-8-17/h14,16-17H,2-13,15H2,1H3. The molecule has 4 rings (SSSR count). The molecule has 3 heterocycles. The van der Waals surface area contributed by atoms with Gasteiger partial charge in [0, 0.05) is 45.2 Å². The highest BCUT2D eigenvalue weighted by Crippen LogP contribution is 2.32. The van der Waals surface area contributed by atoms with Gasteiger partial charge in [0.2, 0.25) is 0 Å². The summed E-state index contributed by atoms with van der Waals surface area (Å²) in [5, 5.41) is 4.87. The first-order valence-electron chi connectivity index (χ1n) is 10.4. The van der Waals surface area contributed by atoms with Crippen molar-refractivity contribution in [2.75, 3.05) is 39.9 Å². The van der Waals surface area contributed by atoms with E-state index in [4.69, 9.17) is 9.84 Å². The molecule has 1 atom stereocenters. The first-order chi connectivity index (χ1) is 12.8. The summed E-state index contributed by atoms with van der Waals surface area (Å²) >= 11 is 0. The predicted molar refractivity (Wildman–Crippen MR) is 100 cm³/mol. The Kier molecular flexibility index (Phi) is 5.60. The van der Waals surface area contributed by atoms with Gasteiger partial charge in [-0.15, -0.1) is 0 Å². The summed E-state index contributed by atoms with van der Waals surface area (Å²) < 4.78 is 7.12. The van der Waals surface area contributed by atoms with Gasteiger partial charge < -0.3 is 9.64 Å². The summed E-state index contributed by atoms with van der Waals surface area (Å²) in [7, 11) is 1.68. The Morgan fingerprint density at radius 2 is 1.96 bits per heavy atom. The number of amides is 1. The second-order valence-corrected chi connectivity index (χ2v) is 8.09. The number of likely N-dealkylation sites (tertiary alicyclic amines) is 1. The molecule has 0 radical (unpaired) electrons. The number of fused-ring (bicyclic) bond motifs is 1. The number of nitrogens with zero attached hydrogens (tertiary/aromatic N) is 4. The van der Waals surface area contributed by atoms with Gasteiger partial charge in [-0.25, -0.2) is 0 Å². The normalized spacial score (nSPS) is 25.5. The summed E-state index contributed by atoms with van der Waals surface area (Å²) in [5.74, 6) is 0.589. The summed E-state index contributed by atoms with van der Waals surface area (Å²) in [5.41, 5.74) is 1.90. The maximum Gasteiger partial charge on any atom is 0.272 e. The maximum absolute atomic E-state index is 12.9. The number of carbonyl (C=O) groups excluding carboxylic acids is 1. The second-order valence-electron chi connectivity index (χ2n) is 8.09. The van der Waals surface area contributed by atoms with Crippen molar-refractivity contribution < 1.29 is 9.53 Å². The van der Waals surface area contributed by atoms with Gasteiger partial charge in [-0.2, -0.15) is 5.10 Å². The molecule has 1 amide bonds. The molecule has 144 valence electrons. The highest BCUT2D eigenvalue weighted by Gasteiger charge is 2.31. The molecule has 0 spiro atoms. The number of hydrogen-bond acceptors (Lipinski definition) is 4. The van der Waals surface area contributed by atoms with Crippen LogP contribution in [-0.2, 0) is 11.3 Å². The highest BCUT2D eigenvalue weighted by atomic mass is 16.5. The van der Waals surface area contributed by atoms with Crippen molar-refractivity contribution in [1.82, 2.24) is 19.6 Å². The Labute approximate surface area is 156 Å². The summed E-state index contributed by atoms with van der Waals surface area (Å²) in [6, 6.07) is 2.86. The maximum atomic E-state index is 12.9. The zero-order valence-corrected chi connectivity index (χ0v) is 16.0. The summed E-state index contributed by atoms with van der Waals surface area (Å²) in [6.07, 6.45) is 8.90. The Morgan fingerprint density at radius 1 is 1.12 bits per heavy atom. The lowest BCUT2D eigenvalue weighted by atomic mass is 9.93. The van der Waals surface area contributed by atoms with Crippen LogP contribution in [0.5, 0.6) is 0 Å². The van der Waals surface area contributed by atoms with E-state index >= 15 is 0 Å². The van der Waals surface area contributed by atoms with Gasteiger partial charge in [-0.1, -0.05) is 12.8 Å². The van der Waals surface area contributed by atoms with E-state index in [1.54, 1.807) is 7.11 Å². The smallest absolute Gasteiger partial charge is 0.272 e. The third-order valence-electron chi connectivity index (χ3n) is 6.38. The Bertz CT molecular complexity index is 623. The van der Waals surface area contributed by atoms with Gasteiger partial charge in [0.25, 0.3) is 5.91 Å². The molecule has 6 nitrogen and oxygen atoms in total. The lowest BCUT2D eigenvalue weighted by molar-refractivity contribution is 0.0698. The lowest BCUT2D eigenvalue weighted by Crippen LogP contribution is -2.40. The fraction of sp³-hybridized carbons (Fsp3) is 0.800. The van der Waals surface area contributed by atoms with Crippen LogP contribution in [0.1, 0.15) is 67.0 Å². The monoisotopic (exact) mass is 360 g/mol. The fourth-order valence-electron chi connectivity index (χ4n) is 4.92. The van der Waals surface area contributed by atoms with Crippen molar-refractivity contribution in [3.63, 3.8) is 0 Å². The van der Waals surface area contributed by atoms with Crippen LogP contribution in [0.2, 0.25) is 0 Å². The molecular weight excluding hydrogens is 328 g/mol. The third-order valence-corrected chi connectivity index (χ3v) is 6.38. The van der Waals surface area contributed by atoms with E-state index in [2.05, 4.69) is 11.0 Å². The van der Waals surface area contributed by atoms with Crippen LogP contribution in [0, 0.1) is 0 Å². The molecule has 2 aliphatic heterocycles. The van der Waals surface area contributed by atoms with E-state index in [1.165, 1.54) is 45.1 Å². The summed E-state index contributed by atoms with van der Waals surface area (Å²) in [6.45, 7) is 5.23. The minimum absolute atomic E-state index is 0.113. The molecular formula is C20H32N4O2. The SMILES string of the molecule is COCCN1CCCn2nc(C3CCCN(C4CCCC4)C3)cc2C1=O. The van der Waals surface area contributed by atoms with Crippen molar-refractivity contribution in [1.29, 1.82) is 0 Å². The van der Waals surface area contributed by atoms with E-state index < -0.39 is 0 Å². The molecule has 1 saturated heterocycles. The number of ether oxygens (including phenoxy) is 1. The molecule has 1 aromatic heterocycles. The molecule has 3 aliphatic rings. The number of aromatic nitrogens is 2. The first kappa shape index (κ1) is 18.0. The minimum atomic E-state index is 0.113. The van der Waals surface area contributed by atoms with Crippen molar-refractivity contribution in [2.45, 2.75) is 63.5 Å². The van der Waals surface area contributed by atoms with Gasteiger partial charge in [0.05, 0.1) is 12.3 Å². The Hall–Kier alpha value is -1.40. The van der Waals surface area contributed by atoms with Crippen LogP contribution in [0.3, 0.4) is 0 Å². The largest absolute Gasteiger partial charge is 0.383 e. The average molecular weight is 361 g/mol. The van der Waals surface area contributed by atoms with Crippen LogP contribution in [0.4, 0.5) is 0 Å². The molecule has 26 heavy (non-hydrogen) atoms. The van der Waals surface area contributed by atoms with Crippen molar-refractivity contribution in [2.24, 2.45) is 0 Å². The number of methoxy groups -OCH3 is 1. The highest BCUT2D eigenvalue weighted by molar-refractivity contribution is 5.93. The Morgan fingerprint density at radius 3 is 2.77 bits per heavy atom. The van der Waals surface area contributed by atoms with Crippen LogP contribution < -0.4 is 0 Å². The molecule has 1 saturated carbocycles. The number of carbonyl (C=O) groups is 1. The number of hydrogen-bond donors (Lipinski definition) is 0. The second kappa shape index (κ2) is 8.09. The Balaban J connectivity index is 1.48. The fourth-order valence-corrected chi connectivity index (χ4v) is 4.92. The average Bonchev–Trinajstić information content (AvgIpc) is 3.32. The van der Waals surface area contributed by atoms with Gasteiger partial charge in [0.15, 0.2) is 0 Å². The van der Waals surface area contributed by atoms with Gasteiger partial charge in [0.1, 0.15) is 5.69 Å². The molecule has 0 N–H and O–H groups in total. The predicted octanol–water partition coefficient (Wildman–Crippen LogP) is 2.50. The van der Waals surface area contributed by atoms with Crippen molar-refractivity contribution in [3.05, 3.63) is 17.5 Å². The third kappa shape index (κ3) is 3.67. The molecule has 0 bridgehead atoms. The van der Waals surface area contributed by atoms with E-state index in [-0.39, 0.29) is 5.91 Å². The molecule has 1 aliphatic carbocycles. The zero-order valence-electron chi connectivity index (χ0n) is 16.0.